The molecule has 0 unspecified atom stereocenters. The van der Waals surface area contributed by atoms with E-state index in [1.807, 2.05) is 0 Å². The van der Waals surface area contributed by atoms with Crippen LogP contribution in [0.4, 0.5) is 15.9 Å². The van der Waals surface area contributed by atoms with Crippen LogP contribution in [0.15, 0.2) is 36.7 Å². The number of fused-ring (bicyclic) bond motifs is 1. The third-order valence-electron chi connectivity index (χ3n) is 2.96. The predicted molar refractivity (Wildman–Crippen MR) is 74.2 cm³/mol. The van der Waals surface area contributed by atoms with Gasteiger partial charge in [0.15, 0.2) is 23.1 Å². The standard InChI is InChI=1S/C14H10FN3O3/c15-13-8(2-1-3-10(13)19)18-14-7-4-11(20)12(21)5-9(7)16-6-17-14/h1-6,19-21H,(H,16,17,18). The third-order valence-corrected chi connectivity index (χ3v) is 2.96. The molecule has 0 aliphatic heterocycles. The Bertz CT molecular complexity index is 839. The van der Waals surface area contributed by atoms with Gasteiger partial charge in [0.05, 0.1) is 11.2 Å². The van der Waals surface area contributed by atoms with Crippen molar-refractivity contribution in [1.29, 1.82) is 0 Å². The second-order valence-corrected chi connectivity index (χ2v) is 4.34. The molecule has 0 bridgehead atoms. The Morgan fingerprint density at radius 3 is 2.52 bits per heavy atom. The molecule has 0 aliphatic carbocycles. The molecule has 0 radical (unpaired) electrons. The van der Waals surface area contributed by atoms with E-state index in [-0.39, 0.29) is 23.0 Å². The zero-order valence-electron chi connectivity index (χ0n) is 10.6. The maximum Gasteiger partial charge on any atom is 0.188 e. The number of hydrogen-bond donors (Lipinski definition) is 4. The predicted octanol–water partition coefficient (Wildman–Crippen LogP) is 2.63. The van der Waals surface area contributed by atoms with Gasteiger partial charge in [0.25, 0.3) is 0 Å². The third kappa shape index (κ3) is 2.25. The highest BCUT2D eigenvalue weighted by Crippen LogP contribution is 2.33. The smallest absolute Gasteiger partial charge is 0.188 e. The fraction of sp³-hybridized carbons (Fsp3) is 0. The number of hydrogen-bond acceptors (Lipinski definition) is 6. The molecule has 0 saturated carbocycles. The molecule has 0 fully saturated rings. The molecule has 106 valence electrons. The van der Waals surface area contributed by atoms with Crippen LogP contribution in [0.25, 0.3) is 10.9 Å². The molecule has 3 rings (SSSR count). The highest BCUT2D eigenvalue weighted by molar-refractivity contribution is 5.92. The first-order valence-corrected chi connectivity index (χ1v) is 5.97. The van der Waals surface area contributed by atoms with E-state index in [4.69, 9.17) is 0 Å². The van der Waals surface area contributed by atoms with Crippen molar-refractivity contribution in [3.8, 4) is 17.2 Å². The maximum atomic E-state index is 13.8. The van der Waals surface area contributed by atoms with Gasteiger partial charge in [-0.1, -0.05) is 6.07 Å². The Labute approximate surface area is 118 Å². The first kappa shape index (κ1) is 12.9. The van der Waals surface area contributed by atoms with Crippen LogP contribution in [0.5, 0.6) is 17.2 Å². The fourth-order valence-electron chi connectivity index (χ4n) is 1.92. The van der Waals surface area contributed by atoms with Crippen molar-refractivity contribution in [3.05, 3.63) is 42.5 Å². The minimum absolute atomic E-state index is 0.0302. The normalized spacial score (nSPS) is 10.7. The molecule has 6 nitrogen and oxygen atoms in total. The lowest BCUT2D eigenvalue weighted by Gasteiger charge is -2.10. The van der Waals surface area contributed by atoms with Crippen molar-refractivity contribution in [1.82, 2.24) is 9.97 Å². The molecule has 0 spiro atoms. The van der Waals surface area contributed by atoms with Crippen LogP contribution in [-0.4, -0.2) is 25.3 Å². The van der Waals surface area contributed by atoms with Crippen LogP contribution in [0.2, 0.25) is 0 Å². The van der Waals surface area contributed by atoms with Gasteiger partial charge in [-0.3, -0.25) is 0 Å². The van der Waals surface area contributed by atoms with Crippen LogP contribution < -0.4 is 5.32 Å². The number of phenols is 3. The lowest BCUT2D eigenvalue weighted by atomic mass is 10.2. The van der Waals surface area contributed by atoms with Crippen molar-refractivity contribution >= 4 is 22.4 Å². The monoisotopic (exact) mass is 287 g/mol. The van der Waals surface area contributed by atoms with Gasteiger partial charge < -0.3 is 20.6 Å². The summed E-state index contributed by atoms with van der Waals surface area (Å²) in [5.41, 5.74) is 0.408. The highest BCUT2D eigenvalue weighted by Gasteiger charge is 2.12. The second-order valence-electron chi connectivity index (χ2n) is 4.34. The fourth-order valence-corrected chi connectivity index (χ4v) is 1.92. The average Bonchev–Trinajstić information content (AvgIpc) is 2.46. The number of nitrogens with zero attached hydrogens (tertiary/aromatic N) is 2. The van der Waals surface area contributed by atoms with Gasteiger partial charge in [0, 0.05) is 11.5 Å². The Balaban J connectivity index is 2.12. The summed E-state index contributed by atoms with van der Waals surface area (Å²) >= 11 is 0. The molecular weight excluding hydrogens is 277 g/mol. The molecule has 4 N–H and O–H groups in total. The molecule has 1 heterocycles. The number of aromatic hydroxyl groups is 3. The van der Waals surface area contributed by atoms with Crippen molar-refractivity contribution in [2.75, 3.05) is 5.32 Å². The topological polar surface area (TPSA) is 98.5 Å². The minimum Gasteiger partial charge on any atom is -0.505 e. The van der Waals surface area contributed by atoms with Crippen LogP contribution in [-0.2, 0) is 0 Å². The number of anilines is 2. The van der Waals surface area contributed by atoms with Gasteiger partial charge in [-0.2, -0.15) is 0 Å². The summed E-state index contributed by atoms with van der Waals surface area (Å²) in [5, 5.41) is 31.5. The molecule has 3 aromatic rings. The van der Waals surface area contributed by atoms with Crippen LogP contribution >= 0.6 is 0 Å². The van der Waals surface area contributed by atoms with Gasteiger partial charge in [0.2, 0.25) is 0 Å². The van der Waals surface area contributed by atoms with Crippen LogP contribution in [0.1, 0.15) is 0 Å². The Hall–Kier alpha value is -3.09. The zero-order valence-corrected chi connectivity index (χ0v) is 10.6. The summed E-state index contributed by atoms with van der Waals surface area (Å²) in [6.07, 6.45) is 1.24. The summed E-state index contributed by atoms with van der Waals surface area (Å²) in [6.45, 7) is 0. The highest BCUT2D eigenvalue weighted by atomic mass is 19.1. The lowest BCUT2D eigenvalue weighted by Crippen LogP contribution is -1.98. The maximum absolute atomic E-state index is 13.8. The molecule has 2 aromatic carbocycles. The molecular formula is C14H10FN3O3. The van der Waals surface area contributed by atoms with Crippen molar-refractivity contribution < 1.29 is 19.7 Å². The minimum atomic E-state index is -0.813. The Kier molecular flexibility index (Phi) is 2.94. The summed E-state index contributed by atoms with van der Waals surface area (Å²) in [7, 11) is 0. The first-order chi connectivity index (χ1) is 10.1. The molecule has 21 heavy (non-hydrogen) atoms. The molecule has 0 aliphatic rings. The number of aromatic nitrogens is 2. The van der Waals surface area contributed by atoms with Crippen LogP contribution in [0.3, 0.4) is 0 Å². The molecule has 0 atom stereocenters. The van der Waals surface area contributed by atoms with Gasteiger partial charge >= 0.3 is 0 Å². The van der Waals surface area contributed by atoms with Crippen molar-refractivity contribution in [2.24, 2.45) is 0 Å². The molecule has 1 aromatic heterocycles. The number of benzene rings is 2. The second kappa shape index (κ2) is 4.78. The van der Waals surface area contributed by atoms with Gasteiger partial charge in [-0.15, -0.1) is 0 Å². The van der Waals surface area contributed by atoms with E-state index >= 15 is 0 Å². The number of phenolic OH excluding ortho intramolecular Hbond substituents is 3. The summed E-state index contributed by atoms with van der Waals surface area (Å²) < 4.78 is 13.8. The number of nitrogens with one attached hydrogen (secondary N) is 1. The Morgan fingerprint density at radius 1 is 0.952 bits per heavy atom. The van der Waals surface area contributed by atoms with E-state index in [0.29, 0.717) is 10.9 Å². The number of halogens is 1. The lowest BCUT2D eigenvalue weighted by molar-refractivity contribution is 0.405. The van der Waals surface area contributed by atoms with Crippen molar-refractivity contribution in [2.45, 2.75) is 0 Å². The van der Waals surface area contributed by atoms with E-state index < -0.39 is 11.6 Å². The molecule has 0 saturated heterocycles. The van der Waals surface area contributed by atoms with E-state index in [2.05, 4.69) is 15.3 Å². The summed E-state index contributed by atoms with van der Waals surface area (Å²) in [6, 6.07) is 6.68. The summed E-state index contributed by atoms with van der Waals surface area (Å²) in [4.78, 5) is 7.94. The van der Waals surface area contributed by atoms with E-state index in [1.54, 1.807) is 0 Å². The van der Waals surface area contributed by atoms with Gasteiger partial charge in [-0.05, 0) is 18.2 Å². The van der Waals surface area contributed by atoms with Crippen LogP contribution in [0, 0.1) is 5.82 Å². The first-order valence-electron chi connectivity index (χ1n) is 5.97. The number of rotatable bonds is 2. The molecule has 7 heteroatoms. The SMILES string of the molecule is Oc1cc2ncnc(Nc3cccc(O)c3F)c2cc1O. The summed E-state index contributed by atoms with van der Waals surface area (Å²) in [5.74, 6) is -1.71. The average molecular weight is 287 g/mol. The zero-order chi connectivity index (χ0) is 15.0. The quantitative estimate of drug-likeness (QED) is 0.541. The largest absolute Gasteiger partial charge is 0.505 e. The van der Waals surface area contributed by atoms with E-state index in [9.17, 15) is 19.7 Å². The van der Waals surface area contributed by atoms with E-state index in [0.717, 1.165) is 0 Å². The van der Waals surface area contributed by atoms with Gasteiger partial charge in [-0.25, -0.2) is 14.4 Å². The molecule has 0 amide bonds. The van der Waals surface area contributed by atoms with E-state index in [1.165, 1.54) is 36.7 Å². The van der Waals surface area contributed by atoms with Gasteiger partial charge in [0.1, 0.15) is 12.1 Å². The van der Waals surface area contributed by atoms with Crippen molar-refractivity contribution in [3.63, 3.8) is 0 Å². The Morgan fingerprint density at radius 2 is 1.71 bits per heavy atom.